The molecule has 0 bridgehead atoms. The molecule has 22 heavy (non-hydrogen) atoms. The number of carbonyl (C=O) groups is 1. The van der Waals surface area contributed by atoms with Crippen molar-refractivity contribution in [3.8, 4) is 0 Å². The number of nitrogens with one attached hydrogen (secondary N) is 1. The molecule has 0 aliphatic carbocycles. The van der Waals surface area contributed by atoms with Crippen molar-refractivity contribution in [3.05, 3.63) is 47.5 Å². The highest BCUT2D eigenvalue weighted by atomic mass is 16.2. The lowest BCUT2D eigenvalue weighted by Crippen LogP contribution is -2.37. The van der Waals surface area contributed by atoms with Crippen LogP contribution in [0.25, 0.3) is 0 Å². The first kappa shape index (κ1) is 14.8. The number of anilines is 1. The molecule has 0 fully saturated rings. The van der Waals surface area contributed by atoms with Crippen molar-refractivity contribution < 1.29 is 4.79 Å². The van der Waals surface area contributed by atoms with Gasteiger partial charge in [-0.1, -0.05) is 12.1 Å². The van der Waals surface area contributed by atoms with Crippen molar-refractivity contribution in [2.45, 2.75) is 33.4 Å². The van der Waals surface area contributed by atoms with Crippen LogP contribution in [0.2, 0.25) is 0 Å². The van der Waals surface area contributed by atoms with E-state index in [0.29, 0.717) is 6.54 Å². The first-order valence-corrected chi connectivity index (χ1v) is 7.77. The quantitative estimate of drug-likeness (QED) is 0.941. The van der Waals surface area contributed by atoms with Gasteiger partial charge in [-0.15, -0.1) is 0 Å². The van der Waals surface area contributed by atoms with Gasteiger partial charge in [0.25, 0.3) is 0 Å². The molecule has 0 radical (unpaired) electrons. The van der Waals surface area contributed by atoms with E-state index in [4.69, 9.17) is 0 Å². The van der Waals surface area contributed by atoms with E-state index in [1.54, 1.807) is 0 Å². The fraction of sp³-hybridized carbons (Fsp3) is 0.412. The van der Waals surface area contributed by atoms with Gasteiger partial charge in [-0.25, -0.2) is 4.98 Å². The summed E-state index contributed by atoms with van der Waals surface area (Å²) in [6.45, 7) is 7.17. The minimum atomic E-state index is 0.0315. The highest BCUT2D eigenvalue weighted by Crippen LogP contribution is 2.18. The summed E-state index contributed by atoms with van der Waals surface area (Å²) >= 11 is 0. The summed E-state index contributed by atoms with van der Waals surface area (Å²) < 4.78 is 2.19. The number of aryl methyl sites for hydroxylation is 2. The number of hydrogen-bond acceptors (Lipinski definition) is 3. The Labute approximate surface area is 131 Å². The molecule has 2 aromatic rings. The zero-order valence-electron chi connectivity index (χ0n) is 13.2. The first-order chi connectivity index (χ1) is 10.7. The third kappa shape index (κ3) is 3.20. The molecule has 1 aliphatic rings. The zero-order valence-corrected chi connectivity index (χ0v) is 13.2. The SMILES string of the molecule is CCn1cnc2c1CCN(CC(=O)Nc1cccc(C)c1)C2. The molecule has 1 aromatic heterocycles. The predicted octanol–water partition coefficient (Wildman–Crippen LogP) is 2.21. The van der Waals surface area contributed by atoms with E-state index in [9.17, 15) is 4.79 Å². The number of hydrogen-bond donors (Lipinski definition) is 1. The number of fused-ring (bicyclic) bond motifs is 1. The zero-order chi connectivity index (χ0) is 15.5. The number of aromatic nitrogens is 2. The van der Waals surface area contributed by atoms with E-state index >= 15 is 0 Å². The number of nitrogens with zero attached hydrogens (tertiary/aromatic N) is 3. The van der Waals surface area contributed by atoms with Gasteiger partial charge in [-0.2, -0.15) is 0 Å². The van der Waals surface area contributed by atoms with E-state index in [1.165, 1.54) is 5.69 Å². The van der Waals surface area contributed by atoms with Crippen LogP contribution in [-0.2, 0) is 24.3 Å². The van der Waals surface area contributed by atoms with Crippen LogP contribution < -0.4 is 5.32 Å². The van der Waals surface area contributed by atoms with Gasteiger partial charge in [-0.3, -0.25) is 9.69 Å². The van der Waals surface area contributed by atoms with Gasteiger partial charge in [0.05, 0.1) is 18.6 Å². The van der Waals surface area contributed by atoms with Crippen molar-refractivity contribution in [2.75, 3.05) is 18.4 Å². The molecule has 1 aliphatic heterocycles. The van der Waals surface area contributed by atoms with Gasteiger partial charge in [0, 0.05) is 37.4 Å². The molecule has 0 spiro atoms. The van der Waals surface area contributed by atoms with Crippen LogP contribution in [0.5, 0.6) is 0 Å². The lowest BCUT2D eigenvalue weighted by Gasteiger charge is -2.26. The fourth-order valence-corrected chi connectivity index (χ4v) is 2.96. The topological polar surface area (TPSA) is 50.2 Å². The van der Waals surface area contributed by atoms with Gasteiger partial charge in [0.15, 0.2) is 0 Å². The fourth-order valence-electron chi connectivity index (χ4n) is 2.96. The first-order valence-electron chi connectivity index (χ1n) is 7.77. The van der Waals surface area contributed by atoms with E-state index in [1.807, 2.05) is 37.5 Å². The molecule has 5 heteroatoms. The summed E-state index contributed by atoms with van der Waals surface area (Å²) in [5.41, 5.74) is 4.43. The van der Waals surface area contributed by atoms with Crippen LogP contribution in [-0.4, -0.2) is 33.4 Å². The van der Waals surface area contributed by atoms with Crippen LogP contribution in [0.3, 0.4) is 0 Å². The summed E-state index contributed by atoms with van der Waals surface area (Å²) in [6.07, 6.45) is 2.86. The summed E-state index contributed by atoms with van der Waals surface area (Å²) in [5, 5.41) is 2.96. The summed E-state index contributed by atoms with van der Waals surface area (Å²) in [7, 11) is 0. The average Bonchev–Trinajstić information content (AvgIpc) is 2.89. The second-order valence-electron chi connectivity index (χ2n) is 5.80. The summed E-state index contributed by atoms with van der Waals surface area (Å²) in [6, 6.07) is 7.87. The minimum Gasteiger partial charge on any atom is -0.334 e. The van der Waals surface area contributed by atoms with Gasteiger partial charge in [-0.05, 0) is 31.5 Å². The van der Waals surface area contributed by atoms with Crippen LogP contribution in [0.15, 0.2) is 30.6 Å². The largest absolute Gasteiger partial charge is 0.334 e. The molecule has 2 heterocycles. The molecule has 5 nitrogen and oxygen atoms in total. The van der Waals surface area contributed by atoms with Crippen molar-refractivity contribution in [1.82, 2.24) is 14.5 Å². The van der Waals surface area contributed by atoms with Gasteiger partial charge < -0.3 is 9.88 Å². The minimum absolute atomic E-state index is 0.0315. The Morgan fingerprint density at radius 3 is 3.05 bits per heavy atom. The molecular weight excluding hydrogens is 276 g/mol. The van der Waals surface area contributed by atoms with Crippen molar-refractivity contribution in [2.24, 2.45) is 0 Å². The molecule has 3 rings (SSSR count). The maximum Gasteiger partial charge on any atom is 0.238 e. The Kier molecular flexibility index (Phi) is 4.24. The van der Waals surface area contributed by atoms with Gasteiger partial charge in [0.2, 0.25) is 5.91 Å². The van der Waals surface area contributed by atoms with Crippen molar-refractivity contribution in [3.63, 3.8) is 0 Å². The highest BCUT2D eigenvalue weighted by molar-refractivity contribution is 5.92. The lowest BCUT2D eigenvalue weighted by molar-refractivity contribution is -0.117. The second-order valence-corrected chi connectivity index (χ2v) is 5.80. The summed E-state index contributed by atoms with van der Waals surface area (Å²) in [5.74, 6) is 0.0315. The standard InChI is InChI=1S/C17H22N4O/c1-3-21-12-18-15-10-20(8-7-16(15)21)11-17(22)19-14-6-4-5-13(2)9-14/h4-6,9,12H,3,7-8,10-11H2,1-2H3,(H,19,22). The van der Waals surface area contributed by atoms with Crippen LogP contribution in [0.4, 0.5) is 5.69 Å². The van der Waals surface area contributed by atoms with E-state index < -0.39 is 0 Å². The molecule has 0 atom stereocenters. The van der Waals surface area contributed by atoms with Crippen LogP contribution in [0, 0.1) is 6.92 Å². The molecule has 1 amide bonds. The average molecular weight is 298 g/mol. The van der Waals surface area contributed by atoms with Gasteiger partial charge in [0.1, 0.15) is 0 Å². The maximum atomic E-state index is 12.2. The molecular formula is C17H22N4O. The Morgan fingerprint density at radius 2 is 2.27 bits per heavy atom. The Hall–Kier alpha value is -2.14. The smallest absolute Gasteiger partial charge is 0.238 e. The number of carbonyl (C=O) groups excluding carboxylic acids is 1. The Morgan fingerprint density at radius 1 is 1.41 bits per heavy atom. The molecule has 1 N–H and O–H groups in total. The third-order valence-corrected chi connectivity index (χ3v) is 4.08. The Balaban J connectivity index is 1.59. The van der Waals surface area contributed by atoms with E-state index in [-0.39, 0.29) is 5.91 Å². The van der Waals surface area contributed by atoms with Gasteiger partial charge >= 0.3 is 0 Å². The monoisotopic (exact) mass is 298 g/mol. The van der Waals surface area contributed by atoms with Crippen molar-refractivity contribution in [1.29, 1.82) is 0 Å². The molecule has 0 saturated carbocycles. The third-order valence-electron chi connectivity index (χ3n) is 4.08. The molecule has 0 unspecified atom stereocenters. The second kappa shape index (κ2) is 6.32. The number of amides is 1. The normalized spacial score (nSPS) is 14.6. The van der Waals surface area contributed by atoms with Crippen LogP contribution in [0.1, 0.15) is 23.9 Å². The number of rotatable bonds is 4. The number of benzene rings is 1. The van der Waals surface area contributed by atoms with Crippen molar-refractivity contribution >= 4 is 11.6 Å². The van der Waals surface area contributed by atoms with Crippen LogP contribution >= 0.6 is 0 Å². The molecule has 0 saturated heterocycles. The molecule has 116 valence electrons. The summed E-state index contributed by atoms with van der Waals surface area (Å²) in [4.78, 5) is 18.8. The predicted molar refractivity (Wildman–Crippen MR) is 86.7 cm³/mol. The maximum absolute atomic E-state index is 12.2. The van der Waals surface area contributed by atoms with E-state index in [2.05, 4.69) is 26.7 Å². The highest BCUT2D eigenvalue weighted by Gasteiger charge is 2.22. The number of imidazole rings is 1. The molecule has 1 aromatic carbocycles. The lowest BCUT2D eigenvalue weighted by atomic mass is 10.1. The van der Waals surface area contributed by atoms with E-state index in [0.717, 1.165) is 43.0 Å². The Bertz CT molecular complexity index is 677.